The number of thioether (sulfide) groups is 1. The average molecular weight is 412 g/mol. The lowest BCUT2D eigenvalue weighted by molar-refractivity contribution is -0.117. The topological polar surface area (TPSA) is 81.3 Å². The Morgan fingerprint density at radius 1 is 1.10 bits per heavy atom. The van der Waals surface area contributed by atoms with Crippen LogP contribution in [0.1, 0.15) is 44.6 Å². The first-order chi connectivity index (χ1) is 14.1. The lowest BCUT2D eigenvalue weighted by atomic mass is 10.0. The van der Waals surface area contributed by atoms with Crippen molar-refractivity contribution in [3.05, 3.63) is 52.4 Å². The van der Waals surface area contributed by atoms with Crippen molar-refractivity contribution in [2.75, 3.05) is 5.32 Å². The summed E-state index contributed by atoms with van der Waals surface area (Å²) in [4.78, 5) is 25.0. The van der Waals surface area contributed by atoms with Crippen molar-refractivity contribution in [1.82, 2.24) is 19.4 Å². The molecule has 0 atom stereocenters. The summed E-state index contributed by atoms with van der Waals surface area (Å²) < 4.78 is 2.45. The van der Waals surface area contributed by atoms with Crippen molar-refractivity contribution in [3.8, 4) is 0 Å². The molecule has 0 bridgehead atoms. The third kappa shape index (κ3) is 4.70. The number of aromatic nitrogens is 4. The number of amides is 1. The molecule has 1 N–H and O–H groups in total. The van der Waals surface area contributed by atoms with Gasteiger partial charge < -0.3 is 5.32 Å². The zero-order chi connectivity index (χ0) is 20.2. The quantitative estimate of drug-likeness (QED) is 0.671. The normalized spacial score (nSPS) is 14.9. The summed E-state index contributed by atoms with van der Waals surface area (Å²) in [6.07, 6.45) is 7.15. The van der Waals surface area contributed by atoms with Crippen molar-refractivity contribution in [3.63, 3.8) is 0 Å². The number of rotatable bonds is 6. The van der Waals surface area contributed by atoms with Gasteiger partial charge in [0, 0.05) is 10.9 Å². The SMILES string of the molecule is CCc1ccc(NC(=O)Cn2nc3ccc(SC4CCCCC4)nn3c2=O)cc1. The predicted octanol–water partition coefficient (Wildman–Crippen LogP) is 3.52. The highest BCUT2D eigenvalue weighted by molar-refractivity contribution is 7.99. The zero-order valence-electron chi connectivity index (χ0n) is 16.5. The van der Waals surface area contributed by atoms with Gasteiger partial charge in [-0.1, -0.05) is 38.3 Å². The molecule has 7 nitrogen and oxygen atoms in total. The molecule has 0 radical (unpaired) electrons. The lowest BCUT2D eigenvalue weighted by Gasteiger charge is -2.20. The van der Waals surface area contributed by atoms with Gasteiger partial charge in [0.2, 0.25) is 5.91 Å². The van der Waals surface area contributed by atoms with E-state index in [1.54, 1.807) is 17.8 Å². The van der Waals surface area contributed by atoms with Crippen LogP contribution in [0, 0.1) is 0 Å². The molecule has 0 spiro atoms. The molecule has 1 saturated carbocycles. The van der Waals surface area contributed by atoms with Crippen molar-refractivity contribution in [2.24, 2.45) is 0 Å². The van der Waals surface area contributed by atoms with E-state index in [1.807, 2.05) is 30.3 Å². The number of benzene rings is 1. The second-order valence-corrected chi connectivity index (χ2v) is 8.68. The molecular formula is C21H25N5O2S. The highest BCUT2D eigenvalue weighted by atomic mass is 32.2. The van der Waals surface area contributed by atoms with Crippen LogP contribution in [0.15, 0.2) is 46.2 Å². The maximum absolute atomic E-state index is 12.7. The summed E-state index contributed by atoms with van der Waals surface area (Å²) in [5.41, 5.74) is 1.95. The molecule has 4 rings (SSSR count). The first-order valence-electron chi connectivity index (χ1n) is 10.1. The highest BCUT2D eigenvalue weighted by Gasteiger charge is 2.17. The fourth-order valence-corrected chi connectivity index (χ4v) is 4.76. The molecule has 2 aromatic heterocycles. The molecule has 2 heterocycles. The van der Waals surface area contributed by atoms with Gasteiger partial charge in [0.1, 0.15) is 11.6 Å². The van der Waals surface area contributed by atoms with Gasteiger partial charge in [-0.15, -0.1) is 16.9 Å². The molecule has 0 aliphatic heterocycles. The van der Waals surface area contributed by atoms with Gasteiger partial charge in [-0.3, -0.25) is 4.79 Å². The minimum absolute atomic E-state index is 0.150. The van der Waals surface area contributed by atoms with E-state index >= 15 is 0 Å². The molecule has 1 aliphatic carbocycles. The Morgan fingerprint density at radius 3 is 2.59 bits per heavy atom. The first-order valence-corrected chi connectivity index (χ1v) is 11.0. The van der Waals surface area contributed by atoms with Crippen LogP contribution in [-0.2, 0) is 17.8 Å². The minimum atomic E-state index is -0.400. The van der Waals surface area contributed by atoms with E-state index in [0.717, 1.165) is 16.1 Å². The summed E-state index contributed by atoms with van der Waals surface area (Å²) in [5, 5.41) is 12.9. The summed E-state index contributed by atoms with van der Waals surface area (Å²) >= 11 is 1.73. The number of anilines is 1. The van der Waals surface area contributed by atoms with Crippen molar-refractivity contribution in [2.45, 2.75) is 62.3 Å². The Hall–Kier alpha value is -2.61. The fraction of sp³-hybridized carbons (Fsp3) is 0.429. The molecule has 1 amide bonds. The first kappa shape index (κ1) is 19.7. The van der Waals surface area contributed by atoms with Crippen LogP contribution < -0.4 is 11.0 Å². The van der Waals surface area contributed by atoms with E-state index in [2.05, 4.69) is 22.4 Å². The van der Waals surface area contributed by atoms with Crippen LogP contribution in [0.4, 0.5) is 5.69 Å². The van der Waals surface area contributed by atoms with Crippen molar-refractivity contribution >= 4 is 29.0 Å². The molecule has 0 saturated heterocycles. The van der Waals surface area contributed by atoms with Gasteiger partial charge in [-0.05, 0) is 49.1 Å². The van der Waals surface area contributed by atoms with Crippen molar-refractivity contribution < 1.29 is 4.79 Å². The van der Waals surface area contributed by atoms with E-state index in [4.69, 9.17) is 0 Å². The Balaban J connectivity index is 1.46. The summed E-state index contributed by atoms with van der Waals surface area (Å²) in [6, 6.07) is 11.4. The van der Waals surface area contributed by atoms with E-state index < -0.39 is 5.69 Å². The summed E-state index contributed by atoms with van der Waals surface area (Å²) in [5.74, 6) is -0.295. The number of fused-ring (bicyclic) bond motifs is 1. The van der Waals surface area contributed by atoms with Gasteiger partial charge in [-0.25, -0.2) is 9.48 Å². The fourth-order valence-electron chi connectivity index (χ4n) is 3.57. The molecule has 0 unspecified atom stereocenters. The Labute approximate surface area is 173 Å². The molecule has 152 valence electrons. The van der Waals surface area contributed by atoms with Gasteiger partial charge in [0.25, 0.3) is 0 Å². The summed E-state index contributed by atoms with van der Waals surface area (Å²) in [6.45, 7) is 1.93. The molecule has 3 aromatic rings. The number of carbonyl (C=O) groups excluding carboxylic acids is 1. The molecule has 1 aliphatic rings. The molecule has 1 fully saturated rings. The van der Waals surface area contributed by atoms with Gasteiger partial charge in [0.05, 0.1) is 0 Å². The molecular weight excluding hydrogens is 386 g/mol. The highest BCUT2D eigenvalue weighted by Crippen LogP contribution is 2.32. The molecule has 1 aromatic carbocycles. The number of carbonyl (C=O) groups is 1. The lowest BCUT2D eigenvalue weighted by Crippen LogP contribution is -2.28. The van der Waals surface area contributed by atoms with Crippen LogP contribution in [0.3, 0.4) is 0 Å². The van der Waals surface area contributed by atoms with E-state index in [9.17, 15) is 9.59 Å². The third-order valence-electron chi connectivity index (χ3n) is 5.19. The van der Waals surface area contributed by atoms with Gasteiger partial charge in [0.15, 0.2) is 5.65 Å². The zero-order valence-corrected chi connectivity index (χ0v) is 17.3. The maximum atomic E-state index is 12.7. The second-order valence-electron chi connectivity index (χ2n) is 7.36. The van der Waals surface area contributed by atoms with Crippen molar-refractivity contribution in [1.29, 1.82) is 0 Å². The third-order valence-corrected chi connectivity index (χ3v) is 6.46. The van der Waals surface area contributed by atoms with Crippen LogP contribution in [0.2, 0.25) is 0 Å². The minimum Gasteiger partial charge on any atom is -0.324 e. The van der Waals surface area contributed by atoms with Crippen LogP contribution >= 0.6 is 11.8 Å². The van der Waals surface area contributed by atoms with E-state index in [0.29, 0.717) is 16.6 Å². The smallest absolute Gasteiger partial charge is 0.324 e. The van der Waals surface area contributed by atoms with Crippen LogP contribution in [0.5, 0.6) is 0 Å². The molecule has 29 heavy (non-hydrogen) atoms. The Bertz CT molecular complexity index is 1050. The number of aryl methyl sites for hydroxylation is 1. The average Bonchev–Trinajstić information content (AvgIpc) is 3.04. The van der Waals surface area contributed by atoms with E-state index in [-0.39, 0.29) is 12.5 Å². The monoisotopic (exact) mass is 411 g/mol. The number of nitrogens with one attached hydrogen (secondary N) is 1. The van der Waals surface area contributed by atoms with Crippen LogP contribution in [-0.4, -0.2) is 30.6 Å². The summed E-state index contributed by atoms with van der Waals surface area (Å²) in [7, 11) is 0. The molecule has 8 heteroatoms. The Morgan fingerprint density at radius 2 is 1.86 bits per heavy atom. The number of hydrogen-bond acceptors (Lipinski definition) is 5. The number of nitrogens with zero attached hydrogens (tertiary/aromatic N) is 4. The standard InChI is InChI=1S/C21H25N5O2S/c1-2-15-8-10-16(11-9-15)22-19(27)14-25-21(28)26-18(23-25)12-13-20(24-26)29-17-6-4-3-5-7-17/h8-13,17H,2-7,14H2,1H3,(H,22,27). The Kier molecular flexibility index (Phi) is 5.99. The van der Waals surface area contributed by atoms with Crippen LogP contribution in [0.25, 0.3) is 5.65 Å². The second kappa shape index (κ2) is 8.82. The van der Waals surface area contributed by atoms with Gasteiger partial charge >= 0.3 is 5.69 Å². The van der Waals surface area contributed by atoms with Gasteiger partial charge in [-0.2, -0.15) is 9.61 Å². The number of hydrogen-bond donors (Lipinski definition) is 1. The predicted molar refractivity (Wildman–Crippen MR) is 114 cm³/mol. The maximum Gasteiger partial charge on any atom is 0.367 e. The van der Waals surface area contributed by atoms with E-state index in [1.165, 1.54) is 42.2 Å². The largest absolute Gasteiger partial charge is 0.367 e.